The summed E-state index contributed by atoms with van der Waals surface area (Å²) < 4.78 is 19.8. The average Bonchev–Trinajstić information content (AvgIpc) is 2.88. The van der Waals surface area contributed by atoms with Crippen LogP contribution in [-0.2, 0) is 9.47 Å². The Hall–Kier alpha value is -3.76. The van der Waals surface area contributed by atoms with Crippen LogP contribution in [0.5, 0.6) is 11.8 Å². The number of halogens is 3. The molecule has 212 valence electrons. The van der Waals surface area contributed by atoms with Gasteiger partial charge in [0.05, 0.1) is 50.0 Å². The first-order chi connectivity index (χ1) is 18.5. The standard InChI is InChI=1S/C8H9ClN2O4.C8H11ClN2O2.C5H3ClN2O3/c1-14-2-3-15-8-7(11(12)13)4-6(9)5-10-8;1-12-2-3-13-8-7(10)4-6(9)5-11-8;6-3-1-4(8(10)11)5(9)7-2-3/h4-5H,2-3H2,1H3;4-5H,2-3,10H2,1H3;1-2H,(H,7,9). The van der Waals surface area contributed by atoms with E-state index in [4.69, 9.17) is 59.5 Å². The summed E-state index contributed by atoms with van der Waals surface area (Å²) in [5.41, 5.74) is 4.48. The highest BCUT2D eigenvalue weighted by Crippen LogP contribution is 2.26. The second kappa shape index (κ2) is 17.7. The van der Waals surface area contributed by atoms with Crippen molar-refractivity contribution >= 4 is 51.9 Å². The molecular formula is C21H23Cl3N6O9. The van der Waals surface area contributed by atoms with Crippen molar-refractivity contribution in [2.45, 2.75) is 0 Å². The van der Waals surface area contributed by atoms with Crippen molar-refractivity contribution < 1.29 is 28.8 Å². The zero-order valence-electron chi connectivity index (χ0n) is 20.5. The molecule has 0 atom stereocenters. The number of nitrogens with one attached hydrogen (secondary N) is 1. The predicted molar refractivity (Wildman–Crippen MR) is 143 cm³/mol. The molecule has 18 heteroatoms. The fraction of sp³-hybridized carbons (Fsp3) is 0.286. The largest absolute Gasteiger partial charge is 0.474 e. The third kappa shape index (κ3) is 12.6. The Balaban J connectivity index is 0.000000296. The molecule has 0 unspecified atom stereocenters. The first-order valence-corrected chi connectivity index (χ1v) is 11.6. The van der Waals surface area contributed by atoms with Crippen LogP contribution in [-0.4, -0.2) is 65.4 Å². The number of H-pyrrole nitrogens is 1. The molecule has 0 saturated heterocycles. The monoisotopic (exact) mass is 608 g/mol. The van der Waals surface area contributed by atoms with Gasteiger partial charge in [0.25, 0.3) is 5.88 Å². The summed E-state index contributed by atoms with van der Waals surface area (Å²) in [6.45, 7) is 1.46. The number of pyridine rings is 3. The number of methoxy groups -OCH3 is 2. The van der Waals surface area contributed by atoms with Crippen LogP contribution in [0.2, 0.25) is 15.1 Å². The van der Waals surface area contributed by atoms with Crippen LogP contribution >= 0.6 is 34.8 Å². The molecule has 0 bridgehead atoms. The number of nitro groups is 2. The second-order valence-electron chi connectivity index (χ2n) is 6.75. The molecule has 0 saturated carbocycles. The van der Waals surface area contributed by atoms with Gasteiger partial charge >= 0.3 is 16.9 Å². The summed E-state index contributed by atoms with van der Waals surface area (Å²) >= 11 is 16.6. The SMILES string of the molecule is COCCOc1ncc(Cl)cc1N.COCCOc1ncc(Cl)cc1[N+](=O)[O-].O=c1[nH]cc(Cl)cc1[N+](=O)[O-]. The molecule has 0 aliphatic heterocycles. The van der Waals surface area contributed by atoms with Crippen molar-refractivity contribution in [3.63, 3.8) is 0 Å². The molecule has 3 heterocycles. The zero-order valence-corrected chi connectivity index (χ0v) is 22.7. The Morgan fingerprint density at radius 3 is 1.79 bits per heavy atom. The van der Waals surface area contributed by atoms with E-state index in [1.54, 1.807) is 13.2 Å². The average molecular weight is 610 g/mol. The fourth-order valence-corrected chi connectivity index (χ4v) is 2.72. The smallest absolute Gasteiger partial charge is 0.335 e. The first kappa shape index (κ1) is 33.3. The third-order valence-electron chi connectivity index (χ3n) is 3.94. The summed E-state index contributed by atoms with van der Waals surface area (Å²) in [6.07, 6.45) is 3.97. The van der Waals surface area contributed by atoms with Crippen molar-refractivity contribution in [2.75, 3.05) is 46.4 Å². The van der Waals surface area contributed by atoms with E-state index in [1.807, 2.05) is 0 Å². The van der Waals surface area contributed by atoms with Crippen LogP contribution in [0.15, 0.2) is 41.6 Å². The number of aromatic amines is 1. The topological polar surface area (TPSA) is 208 Å². The van der Waals surface area contributed by atoms with Gasteiger partial charge in [-0.05, 0) is 6.07 Å². The molecule has 0 aliphatic rings. The van der Waals surface area contributed by atoms with Crippen molar-refractivity contribution in [3.05, 3.63) is 82.4 Å². The van der Waals surface area contributed by atoms with Crippen molar-refractivity contribution in [1.82, 2.24) is 15.0 Å². The lowest BCUT2D eigenvalue weighted by Crippen LogP contribution is -2.09. The molecular weight excluding hydrogens is 587 g/mol. The summed E-state index contributed by atoms with van der Waals surface area (Å²) in [7, 11) is 3.11. The highest BCUT2D eigenvalue weighted by molar-refractivity contribution is 6.31. The molecule has 0 spiro atoms. The molecule has 0 aromatic carbocycles. The zero-order chi connectivity index (χ0) is 29.4. The van der Waals surface area contributed by atoms with E-state index >= 15 is 0 Å². The Kier molecular flexibility index (Phi) is 15.1. The quantitative estimate of drug-likeness (QED) is 0.190. The third-order valence-corrected chi connectivity index (χ3v) is 4.57. The maximum absolute atomic E-state index is 10.7. The number of rotatable bonds is 10. The highest BCUT2D eigenvalue weighted by Gasteiger charge is 2.17. The molecule has 0 amide bonds. The number of ether oxygens (including phenoxy) is 4. The van der Waals surface area contributed by atoms with Gasteiger partial charge in [0.15, 0.2) is 0 Å². The lowest BCUT2D eigenvalue weighted by Gasteiger charge is -2.06. The molecule has 3 rings (SSSR count). The van der Waals surface area contributed by atoms with Crippen LogP contribution < -0.4 is 20.8 Å². The first-order valence-electron chi connectivity index (χ1n) is 10.5. The van der Waals surface area contributed by atoms with Crippen molar-refractivity contribution in [2.24, 2.45) is 0 Å². The van der Waals surface area contributed by atoms with Gasteiger partial charge in [0.1, 0.15) is 13.2 Å². The maximum Gasteiger partial charge on any atom is 0.335 e. The van der Waals surface area contributed by atoms with E-state index in [1.165, 1.54) is 31.8 Å². The Labute approximate surface area is 236 Å². The van der Waals surface area contributed by atoms with Gasteiger partial charge < -0.3 is 29.7 Å². The summed E-state index contributed by atoms with van der Waals surface area (Å²) in [6, 6.07) is 3.79. The predicted octanol–water partition coefficient (Wildman–Crippen LogP) is 3.95. The summed E-state index contributed by atoms with van der Waals surface area (Å²) in [5, 5.41) is 21.5. The molecule has 15 nitrogen and oxygen atoms in total. The Morgan fingerprint density at radius 1 is 0.821 bits per heavy atom. The minimum Gasteiger partial charge on any atom is -0.474 e. The van der Waals surface area contributed by atoms with E-state index in [0.29, 0.717) is 36.4 Å². The molecule has 3 N–H and O–H groups in total. The summed E-state index contributed by atoms with van der Waals surface area (Å²) in [4.78, 5) is 39.7. The van der Waals surface area contributed by atoms with E-state index in [2.05, 4.69) is 15.0 Å². The van der Waals surface area contributed by atoms with E-state index in [0.717, 1.165) is 6.07 Å². The van der Waals surface area contributed by atoms with Crippen LogP contribution in [0.1, 0.15) is 0 Å². The van der Waals surface area contributed by atoms with E-state index in [9.17, 15) is 25.0 Å². The van der Waals surface area contributed by atoms with Crippen LogP contribution in [0.3, 0.4) is 0 Å². The number of hydrogen-bond acceptors (Lipinski definition) is 12. The van der Waals surface area contributed by atoms with Crippen LogP contribution in [0, 0.1) is 20.2 Å². The normalized spacial score (nSPS) is 9.87. The Bertz CT molecular complexity index is 1300. The molecule has 0 aliphatic carbocycles. The van der Waals surface area contributed by atoms with E-state index in [-0.39, 0.29) is 28.2 Å². The highest BCUT2D eigenvalue weighted by atomic mass is 35.5. The molecule has 39 heavy (non-hydrogen) atoms. The van der Waals surface area contributed by atoms with Gasteiger partial charge in [0.2, 0.25) is 5.88 Å². The minimum absolute atomic E-state index is 0.0542. The van der Waals surface area contributed by atoms with Gasteiger partial charge in [-0.2, -0.15) is 0 Å². The number of nitrogen functional groups attached to an aromatic ring is 1. The van der Waals surface area contributed by atoms with E-state index < -0.39 is 21.1 Å². The lowest BCUT2D eigenvalue weighted by molar-refractivity contribution is -0.386. The van der Waals surface area contributed by atoms with Gasteiger partial charge in [-0.1, -0.05) is 34.8 Å². The lowest BCUT2D eigenvalue weighted by atomic mass is 10.4. The Morgan fingerprint density at radius 2 is 1.31 bits per heavy atom. The minimum atomic E-state index is -0.787. The number of nitrogens with two attached hydrogens (primary N) is 1. The number of anilines is 1. The number of aromatic nitrogens is 3. The van der Waals surface area contributed by atoms with Gasteiger partial charge in [0, 0.05) is 38.7 Å². The van der Waals surface area contributed by atoms with Crippen LogP contribution in [0.25, 0.3) is 0 Å². The fourth-order valence-electron chi connectivity index (χ4n) is 2.25. The molecule has 0 radical (unpaired) electrons. The molecule has 0 fully saturated rings. The van der Waals surface area contributed by atoms with Gasteiger partial charge in [-0.3, -0.25) is 25.0 Å². The van der Waals surface area contributed by atoms with Gasteiger partial charge in [-0.15, -0.1) is 0 Å². The number of nitrogens with zero attached hydrogens (tertiary/aromatic N) is 4. The summed E-state index contributed by atoms with van der Waals surface area (Å²) in [5.74, 6) is 0.336. The van der Waals surface area contributed by atoms with Crippen molar-refractivity contribution in [3.8, 4) is 11.8 Å². The van der Waals surface area contributed by atoms with Gasteiger partial charge in [-0.25, -0.2) is 9.97 Å². The second-order valence-corrected chi connectivity index (χ2v) is 8.06. The maximum atomic E-state index is 10.7. The number of hydrogen-bond donors (Lipinski definition) is 2. The molecule has 3 aromatic heterocycles. The van der Waals surface area contributed by atoms with Crippen molar-refractivity contribution in [1.29, 1.82) is 0 Å². The molecule has 3 aromatic rings. The van der Waals surface area contributed by atoms with Crippen LogP contribution in [0.4, 0.5) is 17.1 Å².